The Morgan fingerprint density at radius 2 is 2.10 bits per heavy atom. The number of carbonyl (C=O) groups excluding carboxylic acids is 1. The number of rotatable bonds is 3. The number of amides is 1. The van der Waals surface area contributed by atoms with E-state index in [1.54, 1.807) is 12.1 Å². The minimum atomic E-state index is -0.427. The molecule has 0 aliphatic carbocycles. The van der Waals surface area contributed by atoms with Crippen molar-refractivity contribution in [2.24, 2.45) is 0 Å². The summed E-state index contributed by atoms with van der Waals surface area (Å²) >= 11 is 8.14. The second kappa shape index (κ2) is 6.84. The van der Waals surface area contributed by atoms with Crippen molar-refractivity contribution in [2.45, 2.75) is 0 Å². The first-order valence-electron chi connectivity index (χ1n) is 5.52. The van der Waals surface area contributed by atoms with Gasteiger partial charge >= 0.3 is 0 Å². The smallest absolute Gasteiger partial charge is 0.266 e. The largest absolute Gasteiger partial charge is 0.320 e. The molecule has 1 amide bonds. The van der Waals surface area contributed by atoms with Crippen LogP contribution in [0, 0.1) is 11.3 Å². The van der Waals surface area contributed by atoms with Crippen LogP contribution in [0.5, 0.6) is 0 Å². The molecule has 0 aliphatic heterocycles. The molecule has 0 fully saturated rings. The third-order valence-electron chi connectivity index (χ3n) is 2.36. The number of para-hydroxylation sites is 1. The molecule has 3 nitrogen and oxygen atoms in total. The highest BCUT2D eigenvalue weighted by Crippen LogP contribution is 2.24. The van der Waals surface area contributed by atoms with Crippen LogP contribution in [0.15, 0.2) is 50.2 Å². The van der Waals surface area contributed by atoms with Crippen LogP contribution in [0.3, 0.4) is 0 Å². The fourth-order valence-electron chi connectivity index (χ4n) is 1.45. The van der Waals surface area contributed by atoms with Crippen LogP contribution < -0.4 is 5.32 Å². The fourth-order valence-corrected chi connectivity index (χ4v) is 3.21. The van der Waals surface area contributed by atoms with E-state index in [4.69, 9.17) is 5.26 Å². The molecule has 1 heterocycles. The van der Waals surface area contributed by atoms with E-state index in [0.29, 0.717) is 5.69 Å². The number of nitrogens with zero attached hydrogens (tertiary/aromatic N) is 1. The molecule has 0 aliphatic rings. The lowest BCUT2D eigenvalue weighted by atomic mass is 10.2. The van der Waals surface area contributed by atoms with Gasteiger partial charge in [0.25, 0.3) is 5.91 Å². The highest BCUT2D eigenvalue weighted by molar-refractivity contribution is 9.10. The Morgan fingerprint density at radius 1 is 1.35 bits per heavy atom. The second-order valence-corrected chi connectivity index (χ2v) is 6.48. The second-order valence-electron chi connectivity index (χ2n) is 3.77. The van der Waals surface area contributed by atoms with Gasteiger partial charge in [-0.2, -0.15) is 5.26 Å². The lowest BCUT2D eigenvalue weighted by molar-refractivity contribution is -0.112. The molecule has 1 N–H and O–H groups in total. The maximum atomic E-state index is 12.1. The molecule has 0 saturated heterocycles. The Labute approximate surface area is 137 Å². The number of halogens is 2. The number of nitriles is 1. The van der Waals surface area contributed by atoms with Crippen molar-refractivity contribution in [1.82, 2.24) is 0 Å². The molecule has 0 bridgehead atoms. The third-order valence-corrected chi connectivity index (χ3v) is 4.69. The van der Waals surface area contributed by atoms with Crippen LogP contribution in [0.25, 0.3) is 6.08 Å². The molecule has 2 rings (SSSR count). The first-order valence-corrected chi connectivity index (χ1v) is 7.98. The molecular formula is C14H8Br2N2OS. The number of nitrogens with one attached hydrogen (secondary N) is 1. The number of anilines is 1. The lowest BCUT2D eigenvalue weighted by Gasteiger charge is -2.05. The van der Waals surface area contributed by atoms with E-state index in [-0.39, 0.29) is 5.57 Å². The third kappa shape index (κ3) is 3.79. The topological polar surface area (TPSA) is 52.9 Å². The van der Waals surface area contributed by atoms with Crippen LogP contribution in [0.4, 0.5) is 5.69 Å². The van der Waals surface area contributed by atoms with Crippen LogP contribution in [0.2, 0.25) is 0 Å². The first-order chi connectivity index (χ1) is 9.60. The lowest BCUT2D eigenvalue weighted by Crippen LogP contribution is -2.13. The molecule has 1 aromatic heterocycles. The van der Waals surface area contributed by atoms with E-state index in [0.717, 1.165) is 13.8 Å². The number of hydrogen-bond acceptors (Lipinski definition) is 3. The average molecular weight is 412 g/mol. The zero-order valence-electron chi connectivity index (χ0n) is 10.1. The minimum Gasteiger partial charge on any atom is -0.320 e. The summed E-state index contributed by atoms with van der Waals surface area (Å²) in [5, 5.41) is 13.7. The van der Waals surface area contributed by atoms with Crippen LogP contribution in [-0.2, 0) is 4.79 Å². The molecule has 0 radical (unpaired) electrons. The predicted molar refractivity (Wildman–Crippen MR) is 88.4 cm³/mol. The number of benzene rings is 1. The monoisotopic (exact) mass is 410 g/mol. The fraction of sp³-hybridized carbons (Fsp3) is 0. The van der Waals surface area contributed by atoms with E-state index < -0.39 is 5.91 Å². The van der Waals surface area contributed by atoms with Gasteiger partial charge in [-0.15, -0.1) is 11.3 Å². The van der Waals surface area contributed by atoms with Gasteiger partial charge in [0.15, 0.2) is 0 Å². The van der Waals surface area contributed by atoms with Gasteiger partial charge in [0.2, 0.25) is 0 Å². The molecule has 2 aromatic rings. The minimum absolute atomic E-state index is 0.0649. The van der Waals surface area contributed by atoms with Gasteiger partial charge in [0.05, 0.1) is 5.69 Å². The average Bonchev–Trinajstić information content (AvgIpc) is 2.84. The first kappa shape index (κ1) is 15.0. The summed E-state index contributed by atoms with van der Waals surface area (Å²) in [6, 6.07) is 11.0. The SMILES string of the molecule is N#C/C(=C/c1cc(Br)cs1)C(=O)Nc1ccccc1Br. The van der Waals surface area contributed by atoms with E-state index in [9.17, 15) is 4.79 Å². The van der Waals surface area contributed by atoms with Crippen molar-refractivity contribution in [3.63, 3.8) is 0 Å². The summed E-state index contributed by atoms with van der Waals surface area (Å²) in [5.74, 6) is -0.427. The van der Waals surface area contributed by atoms with Gasteiger partial charge in [0.1, 0.15) is 11.6 Å². The normalized spacial score (nSPS) is 10.9. The van der Waals surface area contributed by atoms with Gasteiger partial charge in [-0.1, -0.05) is 12.1 Å². The summed E-state index contributed by atoms with van der Waals surface area (Å²) in [6.07, 6.45) is 1.57. The summed E-state index contributed by atoms with van der Waals surface area (Å²) in [6.45, 7) is 0. The summed E-state index contributed by atoms with van der Waals surface area (Å²) in [5.41, 5.74) is 0.695. The standard InChI is InChI=1S/C14H8Br2N2OS/c15-10-6-11(20-8-10)5-9(7-17)14(19)18-13-4-2-1-3-12(13)16/h1-6,8H,(H,18,19)/b9-5-. The Morgan fingerprint density at radius 3 is 2.70 bits per heavy atom. The van der Waals surface area contributed by atoms with Gasteiger partial charge < -0.3 is 5.32 Å². The molecule has 0 saturated carbocycles. The Balaban J connectivity index is 2.21. The highest BCUT2D eigenvalue weighted by Gasteiger charge is 2.11. The molecular weight excluding hydrogens is 404 g/mol. The van der Waals surface area contributed by atoms with Gasteiger partial charge in [0, 0.05) is 19.2 Å². The highest BCUT2D eigenvalue weighted by atomic mass is 79.9. The molecule has 6 heteroatoms. The maximum Gasteiger partial charge on any atom is 0.266 e. The molecule has 20 heavy (non-hydrogen) atoms. The molecule has 0 atom stereocenters. The van der Waals surface area contributed by atoms with Crippen molar-refractivity contribution in [3.8, 4) is 6.07 Å². The van der Waals surface area contributed by atoms with Crippen molar-refractivity contribution < 1.29 is 4.79 Å². The van der Waals surface area contributed by atoms with Gasteiger partial charge in [-0.05, 0) is 56.1 Å². The number of carbonyl (C=O) groups is 1. The molecule has 0 spiro atoms. The zero-order valence-corrected chi connectivity index (χ0v) is 14.0. The van der Waals surface area contributed by atoms with E-state index in [1.165, 1.54) is 11.3 Å². The number of hydrogen-bond donors (Lipinski definition) is 1. The Kier molecular flexibility index (Phi) is 5.12. The van der Waals surface area contributed by atoms with Crippen molar-refractivity contribution >= 4 is 60.9 Å². The Hall–Kier alpha value is -1.42. The molecule has 100 valence electrons. The predicted octanol–water partition coefficient (Wildman–Crippen LogP) is 4.82. The summed E-state index contributed by atoms with van der Waals surface area (Å²) in [4.78, 5) is 12.9. The Bertz CT molecular complexity index is 716. The van der Waals surface area contributed by atoms with Crippen LogP contribution in [-0.4, -0.2) is 5.91 Å². The number of thiophene rings is 1. The van der Waals surface area contributed by atoms with Gasteiger partial charge in [-0.3, -0.25) is 4.79 Å². The van der Waals surface area contributed by atoms with Crippen LogP contribution >= 0.6 is 43.2 Å². The van der Waals surface area contributed by atoms with E-state index in [2.05, 4.69) is 37.2 Å². The summed E-state index contributed by atoms with van der Waals surface area (Å²) < 4.78 is 1.70. The van der Waals surface area contributed by atoms with Crippen molar-refractivity contribution in [2.75, 3.05) is 5.32 Å². The summed E-state index contributed by atoms with van der Waals surface area (Å²) in [7, 11) is 0. The quantitative estimate of drug-likeness (QED) is 0.581. The molecule has 0 unspecified atom stereocenters. The van der Waals surface area contributed by atoms with Gasteiger partial charge in [-0.25, -0.2) is 0 Å². The molecule has 1 aromatic carbocycles. The van der Waals surface area contributed by atoms with E-state index >= 15 is 0 Å². The maximum absolute atomic E-state index is 12.1. The van der Waals surface area contributed by atoms with Crippen molar-refractivity contribution in [1.29, 1.82) is 5.26 Å². The zero-order chi connectivity index (χ0) is 14.5. The van der Waals surface area contributed by atoms with E-state index in [1.807, 2.05) is 35.7 Å². The van der Waals surface area contributed by atoms with Crippen molar-refractivity contribution in [3.05, 3.63) is 55.1 Å². The van der Waals surface area contributed by atoms with Crippen LogP contribution in [0.1, 0.15) is 4.88 Å².